The number of amides is 1. The standard InChI is InChI=1S/C16H16BrNO4/c1-21-14-7-10(11(17)9-15(14)22-2)8-16(20)18-12-5-3-4-6-13(12)19/h3-7,9,19H,8H2,1-2H3,(H,18,20). The molecule has 2 aromatic carbocycles. The lowest BCUT2D eigenvalue weighted by molar-refractivity contribution is -0.115. The summed E-state index contributed by atoms with van der Waals surface area (Å²) in [4.78, 5) is 12.1. The van der Waals surface area contributed by atoms with Crippen LogP contribution in [0.4, 0.5) is 5.69 Å². The Hall–Kier alpha value is -2.21. The van der Waals surface area contributed by atoms with E-state index in [4.69, 9.17) is 9.47 Å². The predicted octanol–water partition coefficient (Wildman–Crippen LogP) is 3.35. The van der Waals surface area contributed by atoms with Crippen molar-refractivity contribution in [3.63, 3.8) is 0 Å². The second-order valence-corrected chi connectivity index (χ2v) is 5.40. The van der Waals surface area contributed by atoms with Crippen molar-refractivity contribution >= 4 is 27.5 Å². The van der Waals surface area contributed by atoms with E-state index in [2.05, 4.69) is 21.2 Å². The first-order chi connectivity index (χ1) is 10.5. The van der Waals surface area contributed by atoms with E-state index in [1.807, 2.05) is 0 Å². The molecule has 2 aromatic rings. The van der Waals surface area contributed by atoms with Crippen molar-refractivity contribution in [2.24, 2.45) is 0 Å². The number of phenolic OH excluding ortho intramolecular Hbond substituents is 1. The number of hydrogen-bond donors (Lipinski definition) is 2. The number of nitrogens with one attached hydrogen (secondary N) is 1. The lowest BCUT2D eigenvalue weighted by atomic mass is 10.1. The highest BCUT2D eigenvalue weighted by Crippen LogP contribution is 2.33. The van der Waals surface area contributed by atoms with Crippen LogP contribution in [-0.4, -0.2) is 25.2 Å². The molecule has 0 aromatic heterocycles. The van der Waals surface area contributed by atoms with Crippen LogP contribution < -0.4 is 14.8 Å². The molecular weight excluding hydrogens is 350 g/mol. The summed E-state index contributed by atoms with van der Waals surface area (Å²) >= 11 is 3.41. The zero-order chi connectivity index (χ0) is 16.1. The monoisotopic (exact) mass is 365 g/mol. The second kappa shape index (κ2) is 7.17. The van der Waals surface area contributed by atoms with E-state index in [1.54, 1.807) is 37.4 Å². The zero-order valence-electron chi connectivity index (χ0n) is 12.2. The number of aromatic hydroxyl groups is 1. The average molecular weight is 366 g/mol. The van der Waals surface area contributed by atoms with Gasteiger partial charge in [-0.05, 0) is 29.8 Å². The molecular formula is C16H16BrNO4. The van der Waals surface area contributed by atoms with Gasteiger partial charge in [0.2, 0.25) is 5.91 Å². The Bertz CT molecular complexity index is 688. The molecule has 0 aliphatic heterocycles. The van der Waals surface area contributed by atoms with E-state index in [0.29, 0.717) is 17.2 Å². The van der Waals surface area contributed by atoms with Gasteiger partial charge in [0, 0.05) is 4.47 Å². The lowest BCUT2D eigenvalue weighted by Crippen LogP contribution is -2.15. The van der Waals surface area contributed by atoms with E-state index >= 15 is 0 Å². The van der Waals surface area contributed by atoms with Gasteiger partial charge in [0.15, 0.2) is 11.5 Å². The molecule has 0 aliphatic carbocycles. The molecule has 116 valence electrons. The third-order valence-corrected chi connectivity index (χ3v) is 3.82. The molecule has 0 saturated carbocycles. The molecule has 1 amide bonds. The summed E-state index contributed by atoms with van der Waals surface area (Å²) in [6.07, 6.45) is 0.134. The second-order valence-electron chi connectivity index (χ2n) is 4.54. The maximum absolute atomic E-state index is 12.1. The number of benzene rings is 2. The molecule has 0 spiro atoms. The molecule has 0 bridgehead atoms. The van der Waals surface area contributed by atoms with Crippen LogP contribution in [0.5, 0.6) is 17.2 Å². The molecule has 2 N–H and O–H groups in total. The number of ether oxygens (including phenoxy) is 2. The van der Waals surface area contributed by atoms with Crippen LogP contribution in [0, 0.1) is 0 Å². The predicted molar refractivity (Wildman–Crippen MR) is 87.7 cm³/mol. The number of carbonyl (C=O) groups excluding carboxylic acids is 1. The Morgan fingerprint density at radius 2 is 1.82 bits per heavy atom. The van der Waals surface area contributed by atoms with Crippen molar-refractivity contribution in [3.05, 3.63) is 46.4 Å². The Morgan fingerprint density at radius 3 is 2.45 bits per heavy atom. The molecule has 5 nitrogen and oxygen atoms in total. The highest BCUT2D eigenvalue weighted by atomic mass is 79.9. The van der Waals surface area contributed by atoms with Crippen molar-refractivity contribution < 1.29 is 19.4 Å². The number of carbonyl (C=O) groups is 1. The van der Waals surface area contributed by atoms with Gasteiger partial charge in [-0.2, -0.15) is 0 Å². The zero-order valence-corrected chi connectivity index (χ0v) is 13.8. The van der Waals surface area contributed by atoms with E-state index in [1.165, 1.54) is 13.2 Å². The smallest absolute Gasteiger partial charge is 0.228 e. The molecule has 0 unspecified atom stereocenters. The summed E-state index contributed by atoms with van der Waals surface area (Å²) in [5.74, 6) is 0.923. The summed E-state index contributed by atoms with van der Waals surface area (Å²) in [6.45, 7) is 0. The van der Waals surface area contributed by atoms with Gasteiger partial charge in [0.05, 0.1) is 26.3 Å². The number of rotatable bonds is 5. The Labute approximate surface area is 137 Å². The van der Waals surface area contributed by atoms with Crippen molar-refractivity contribution in [2.75, 3.05) is 19.5 Å². The third kappa shape index (κ3) is 3.71. The molecule has 0 heterocycles. The van der Waals surface area contributed by atoms with Crippen LogP contribution in [0.25, 0.3) is 0 Å². The maximum atomic E-state index is 12.1. The summed E-state index contributed by atoms with van der Waals surface area (Å²) in [5, 5.41) is 12.3. The fraction of sp³-hybridized carbons (Fsp3) is 0.188. The molecule has 0 aliphatic rings. The first-order valence-corrected chi connectivity index (χ1v) is 7.32. The summed E-state index contributed by atoms with van der Waals surface area (Å²) in [6, 6.07) is 10.1. The average Bonchev–Trinajstić information content (AvgIpc) is 2.51. The van der Waals surface area contributed by atoms with Crippen LogP contribution in [0.1, 0.15) is 5.56 Å². The van der Waals surface area contributed by atoms with Gasteiger partial charge in [0.1, 0.15) is 5.75 Å². The first-order valence-electron chi connectivity index (χ1n) is 6.53. The first kappa shape index (κ1) is 16.2. The molecule has 0 radical (unpaired) electrons. The molecule has 0 fully saturated rings. The highest BCUT2D eigenvalue weighted by molar-refractivity contribution is 9.10. The highest BCUT2D eigenvalue weighted by Gasteiger charge is 2.13. The van der Waals surface area contributed by atoms with Crippen molar-refractivity contribution in [1.29, 1.82) is 0 Å². The molecule has 22 heavy (non-hydrogen) atoms. The normalized spacial score (nSPS) is 10.1. The van der Waals surface area contributed by atoms with Gasteiger partial charge in [-0.25, -0.2) is 0 Å². The van der Waals surface area contributed by atoms with Crippen LogP contribution in [0.3, 0.4) is 0 Å². The van der Waals surface area contributed by atoms with Crippen LogP contribution in [0.15, 0.2) is 40.9 Å². The Balaban J connectivity index is 2.16. The summed E-state index contributed by atoms with van der Waals surface area (Å²) < 4.78 is 11.2. The topological polar surface area (TPSA) is 67.8 Å². The Morgan fingerprint density at radius 1 is 1.18 bits per heavy atom. The van der Waals surface area contributed by atoms with Gasteiger partial charge in [0.25, 0.3) is 0 Å². The number of halogens is 1. The van der Waals surface area contributed by atoms with Crippen molar-refractivity contribution in [3.8, 4) is 17.2 Å². The van der Waals surface area contributed by atoms with E-state index in [-0.39, 0.29) is 18.1 Å². The maximum Gasteiger partial charge on any atom is 0.228 e. The number of para-hydroxylation sites is 2. The molecule has 0 saturated heterocycles. The summed E-state index contributed by atoms with van der Waals surface area (Å²) in [5.41, 5.74) is 1.13. The minimum absolute atomic E-state index is 0.0298. The van der Waals surface area contributed by atoms with Gasteiger partial charge in [-0.3, -0.25) is 4.79 Å². The lowest BCUT2D eigenvalue weighted by Gasteiger charge is -2.12. The fourth-order valence-corrected chi connectivity index (χ4v) is 2.44. The fourth-order valence-electron chi connectivity index (χ4n) is 1.98. The van der Waals surface area contributed by atoms with Crippen LogP contribution in [-0.2, 0) is 11.2 Å². The van der Waals surface area contributed by atoms with Crippen LogP contribution in [0.2, 0.25) is 0 Å². The Kier molecular flexibility index (Phi) is 5.27. The molecule has 0 atom stereocenters. The number of methoxy groups -OCH3 is 2. The minimum Gasteiger partial charge on any atom is -0.506 e. The minimum atomic E-state index is -0.241. The van der Waals surface area contributed by atoms with Gasteiger partial charge in [-0.1, -0.05) is 28.1 Å². The van der Waals surface area contributed by atoms with E-state index in [9.17, 15) is 9.90 Å². The van der Waals surface area contributed by atoms with Crippen molar-refractivity contribution in [2.45, 2.75) is 6.42 Å². The van der Waals surface area contributed by atoms with Gasteiger partial charge in [-0.15, -0.1) is 0 Å². The van der Waals surface area contributed by atoms with E-state index in [0.717, 1.165) is 10.0 Å². The van der Waals surface area contributed by atoms with Gasteiger partial charge >= 0.3 is 0 Å². The largest absolute Gasteiger partial charge is 0.506 e. The number of anilines is 1. The number of hydrogen-bond acceptors (Lipinski definition) is 4. The molecule has 6 heteroatoms. The van der Waals surface area contributed by atoms with Crippen molar-refractivity contribution in [1.82, 2.24) is 0 Å². The third-order valence-electron chi connectivity index (χ3n) is 3.08. The van der Waals surface area contributed by atoms with E-state index < -0.39 is 0 Å². The molecule has 2 rings (SSSR count). The summed E-state index contributed by atoms with van der Waals surface area (Å²) in [7, 11) is 3.09. The SMILES string of the molecule is COc1cc(Br)c(CC(=O)Nc2ccccc2O)cc1OC. The van der Waals surface area contributed by atoms with Gasteiger partial charge < -0.3 is 19.9 Å². The quantitative estimate of drug-likeness (QED) is 0.797. The number of phenols is 1. The van der Waals surface area contributed by atoms with Crippen LogP contribution >= 0.6 is 15.9 Å².